The monoisotopic (exact) mass is 246 g/mol. The molecule has 0 aromatic heterocycles. The summed E-state index contributed by atoms with van der Waals surface area (Å²) < 4.78 is 0. The molecule has 0 aliphatic heterocycles. The first-order valence-corrected chi connectivity index (χ1v) is 7.13. The van der Waals surface area contributed by atoms with E-state index in [-0.39, 0.29) is 5.41 Å². The molecule has 17 heavy (non-hydrogen) atoms. The van der Waals surface area contributed by atoms with E-state index in [4.69, 9.17) is 5.26 Å². The fourth-order valence-electron chi connectivity index (χ4n) is 2.07. The van der Waals surface area contributed by atoms with E-state index in [1.54, 1.807) is 11.8 Å². The maximum absolute atomic E-state index is 9.06. The molecule has 0 radical (unpaired) electrons. The lowest BCUT2D eigenvalue weighted by atomic mass is 10.1. The van der Waals surface area contributed by atoms with Gasteiger partial charge in [-0.1, -0.05) is 12.1 Å². The third kappa shape index (κ3) is 3.24. The van der Waals surface area contributed by atoms with Crippen LogP contribution in [0.25, 0.3) is 0 Å². The molecule has 0 heterocycles. The SMILES string of the molecule is CSc1ccc(CN(C)CC2(C#N)CC2)cc1. The predicted octanol–water partition coefficient (Wildman–Crippen LogP) is 3.14. The van der Waals surface area contributed by atoms with Crippen LogP contribution >= 0.6 is 11.8 Å². The molecule has 90 valence electrons. The molecule has 0 N–H and O–H groups in total. The van der Waals surface area contributed by atoms with Gasteiger partial charge < -0.3 is 4.90 Å². The average molecular weight is 246 g/mol. The molecule has 1 aromatic carbocycles. The van der Waals surface area contributed by atoms with Gasteiger partial charge in [0.05, 0.1) is 11.5 Å². The fraction of sp³-hybridized carbons (Fsp3) is 0.500. The van der Waals surface area contributed by atoms with Crippen molar-refractivity contribution in [1.29, 1.82) is 5.26 Å². The largest absolute Gasteiger partial charge is 0.301 e. The zero-order chi connectivity index (χ0) is 12.3. The molecule has 0 saturated heterocycles. The quantitative estimate of drug-likeness (QED) is 0.747. The van der Waals surface area contributed by atoms with Gasteiger partial charge in [0, 0.05) is 18.0 Å². The Morgan fingerprint density at radius 3 is 2.47 bits per heavy atom. The number of hydrogen-bond donors (Lipinski definition) is 0. The Morgan fingerprint density at radius 1 is 1.35 bits per heavy atom. The van der Waals surface area contributed by atoms with Gasteiger partial charge in [-0.3, -0.25) is 0 Å². The van der Waals surface area contributed by atoms with E-state index in [1.807, 2.05) is 0 Å². The number of nitrogens with zero attached hydrogens (tertiary/aromatic N) is 2. The lowest BCUT2D eigenvalue weighted by molar-refractivity contribution is 0.286. The minimum Gasteiger partial charge on any atom is -0.301 e. The van der Waals surface area contributed by atoms with E-state index in [2.05, 4.69) is 48.5 Å². The van der Waals surface area contributed by atoms with Crippen LogP contribution in [0.5, 0.6) is 0 Å². The molecule has 0 atom stereocenters. The van der Waals surface area contributed by atoms with Gasteiger partial charge in [-0.15, -0.1) is 11.8 Å². The molecule has 0 amide bonds. The first-order valence-electron chi connectivity index (χ1n) is 5.90. The Labute approximate surface area is 108 Å². The smallest absolute Gasteiger partial charge is 0.0703 e. The molecule has 0 bridgehead atoms. The second-order valence-corrected chi connectivity index (χ2v) is 5.79. The molecule has 1 saturated carbocycles. The van der Waals surface area contributed by atoms with Gasteiger partial charge in [0.25, 0.3) is 0 Å². The Morgan fingerprint density at radius 2 is 2.00 bits per heavy atom. The second kappa shape index (κ2) is 5.12. The van der Waals surface area contributed by atoms with Crippen molar-refractivity contribution in [3.05, 3.63) is 29.8 Å². The maximum atomic E-state index is 9.06. The van der Waals surface area contributed by atoms with Crippen LogP contribution < -0.4 is 0 Å². The second-order valence-electron chi connectivity index (χ2n) is 4.91. The summed E-state index contributed by atoms with van der Waals surface area (Å²) in [6.45, 7) is 1.83. The summed E-state index contributed by atoms with van der Waals surface area (Å²) in [6.07, 6.45) is 4.23. The van der Waals surface area contributed by atoms with E-state index in [0.29, 0.717) is 0 Å². The summed E-state index contributed by atoms with van der Waals surface area (Å²) in [5.41, 5.74) is 1.28. The summed E-state index contributed by atoms with van der Waals surface area (Å²) in [6, 6.07) is 11.1. The van der Waals surface area contributed by atoms with E-state index < -0.39 is 0 Å². The molecular weight excluding hydrogens is 228 g/mol. The highest BCUT2D eigenvalue weighted by Gasteiger charge is 2.43. The standard InChI is InChI=1S/C14H18N2S/c1-16(11-14(10-15)7-8-14)9-12-3-5-13(17-2)6-4-12/h3-6H,7-9,11H2,1-2H3. The van der Waals surface area contributed by atoms with Crippen molar-refractivity contribution in [2.75, 3.05) is 19.8 Å². The summed E-state index contributed by atoms with van der Waals surface area (Å²) in [7, 11) is 2.10. The highest BCUT2D eigenvalue weighted by atomic mass is 32.2. The molecule has 1 fully saturated rings. The van der Waals surface area contributed by atoms with Crippen LogP contribution in [0.2, 0.25) is 0 Å². The first-order chi connectivity index (χ1) is 8.17. The van der Waals surface area contributed by atoms with E-state index >= 15 is 0 Å². The van der Waals surface area contributed by atoms with Gasteiger partial charge in [-0.25, -0.2) is 0 Å². The third-order valence-corrected chi connectivity index (χ3v) is 4.02. The summed E-state index contributed by atoms with van der Waals surface area (Å²) in [5.74, 6) is 0. The van der Waals surface area contributed by atoms with Gasteiger partial charge in [0.15, 0.2) is 0 Å². The Balaban J connectivity index is 1.89. The van der Waals surface area contributed by atoms with Gasteiger partial charge in [-0.05, 0) is 43.8 Å². The minimum atomic E-state index is -0.0338. The molecular formula is C14H18N2S. The Kier molecular flexibility index (Phi) is 3.76. The van der Waals surface area contributed by atoms with Crippen LogP contribution in [0.15, 0.2) is 29.2 Å². The first kappa shape index (κ1) is 12.5. The van der Waals surface area contributed by atoms with Crippen molar-refractivity contribution in [3.8, 4) is 6.07 Å². The van der Waals surface area contributed by atoms with Crippen molar-refractivity contribution >= 4 is 11.8 Å². The summed E-state index contributed by atoms with van der Waals surface area (Å²) in [5, 5.41) is 9.06. The molecule has 1 aliphatic rings. The van der Waals surface area contributed by atoms with Crippen LogP contribution in [0, 0.1) is 16.7 Å². The van der Waals surface area contributed by atoms with E-state index in [9.17, 15) is 0 Å². The normalized spacial score (nSPS) is 16.8. The van der Waals surface area contributed by atoms with Crippen molar-refractivity contribution in [2.45, 2.75) is 24.3 Å². The van der Waals surface area contributed by atoms with Gasteiger partial charge in [0.1, 0.15) is 0 Å². The van der Waals surface area contributed by atoms with Crippen LogP contribution in [0.3, 0.4) is 0 Å². The van der Waals surface area contributed by atoms with Crippen LogP contribution in [-0.2, 0) is 6.54 Å². The van der Waals surface area contributed by atoms with Gasteiger partial charge in [-0.2, -0.15) is 5.26 Å². The summed E-state index contributed by atoms with van der Waals surface area (Å²) in [4.78, 5) is 3.55. The number of rotatable bonds is 5. The van der Waals surface area contributed by atoms with Crippen molar-refractivity contribution < 1.29 is 0 Å². The third-order valence-electron chi connectivity index (χ3n) is 3.27. The van der Waals surface area contributed by atoms with Crippen molar-refractivity contribution in [3.63, 3.8) is 0 Å². The molecule has 2 nitrogen and oxygen atoms in total. The highest BCUT2D eigenvalue weighted by molar-refractivity contribution is 7.98. The fourth-order valence-corrected chi connectivity index (χ4v) is 2.48. The zero-order valence-electron chi connectivity index (χ0n) is 10.4. The van der Waals surface area contributed by atoms with Gasteiger partial charge in [0.2, 0.25) is 0 Å². The number of benzene rings is 1. The zero-order valence-corrected chi connectivity index (χ0v) is 11.3. The highest BCUT2D eigenvalue weighted by Crippen LogP contribution is 2.45. The molecule has 0 spiro atoms. The molecule has 0 unspecified atom stereocenters. The van der Waals surface area contributed by atoms with E-state index in [0.717, 1.165) is 25.9 Å². The molecule has 1 aliphatic carbocycles. The number of nitriles is 1. The Hall–Kier alpha value is -0.980. The molecule has 1 aromatic rings. The lowest BCUT2D eigenvalue weighted by Gasteiger charge is -2.19. The number of hydrogen-bond acceptors (Lipinski definition) is 3. The van der Waals surface area contributed by atoms with Gasteiger partial charge >= 0.3 is 0 Å². The summed E-state index contributed by atoms with van der Waals surface area (Å²) >= 11 is 1.76. The lowest BCUT2D eigenvalue weighted by Crippen LogP contribution is -2.25. The van der Waals surface area contributed by atoms with E-state index in [1.165, 1.54) is 10.5 Å². The van der Waals surface area contributed by atoms with Crippen LogP contribution in [-0.4, -0.2) is 24.7 Å². The predicted molar refractivity (Wildman–Crippen MR) is 71.8 cm³/mol. The maximum Gasteiger partial charge on any atom is 0.0703 e. The molecule has 3 heteroatoms. The molecule has 2 rings (SSSR count). The van der Waals surface area contributed by atoms with Crippen LogP contribution in [0.1, 0.15) is 18.4 Å². The van der Waals surface area contributed by atoms with Crippen molar-refractivity contribution in [1.82, 2.24) is 4.90 Å². The van der Waals surface area contributed by atoms with Crippen molar-refractivity contribution in [2.24, 2.45) is 5.41 Å². The number of thioether (sulfide) groups is 1. The average Bonchev–Trinajstić information content (AvgIpc) is 3.10. The minimum absolute atomic E-state index is 0.0338. The topological polar surface area (TPSA) is 27.0 Å². The Bertz CT molecular complexity index is 415. The van der Waals surface area contributed by atoms with Crippen LogP contribution in [0.4, 0.5) is 0 Å².